The molecule has 0 saturated carbocycles. The number of hydrogen-bond donors (Lipinski definition) is 0. The maximum Gasteiger partial charge on any atom is 0.226 e. The molecule has 0 amide bonds. The number of benzene rings is 1. The zero-order chi connectivity index (χ0) is 25.5. The molecule has 0 unspecified atom stereocenters. The van der Waals surface area contributed by atoms with Crippen LogP contribution in [0.5, 0.6) is 0 Å². The Hall–Kier alpha value is -2.94. The predicted molar refractivity (Wildman–Crippen MR) is 151 cm³/mol. The summed E-state index contributed by atoms with van der Waals surface area (Å²) < 4.78 is 12.9. The first-order chi connectivity index (χ1) is 18.0. The zero-order valence-electron chi connectivity index (χ0n) is 22.0. The number of ether oxygens (including phenoxy) is 1. The fourth-order valence-electron chi connectivity index (χ4n) is 5.40. The van der Waals surface area contributed by atoms with Gasteiger partial charge >= 0.3 is 0 Å². The van der Waals surface area contributed by atoms with Gasteiger partial charge in [0.2, 0.25) is 5.95 Å². The standard InChI is InChI=1S/C29H35N5O2S/c1-19(2)20(3)33-11-9-32(10-12-33)17-22-18-37-28-26(22)30-29(34-13-15-35-16-14-34)31-27(28)25-21(4)36-24-8-6-5-7-23(24)25/h5-8,18-19H,3,9-17H2,1-2,4H3. The van der Waals surface area contributed by atoms with Crippen molar-refractivity contribution in [3.8, 4) is 11.3 Å². The van der Waals surface area contributed by atoms with Gasteiger partial charge in [-0.15, -0.1) is 11.3 Å². The molecule has 2 aliphatic rings. The van der Waals surface area contributed by atoms with E-state index in [1.165, 1.54) is 11.3 Å². The van der Waals surface area contributed by atoms with Gasteiger partial charge in [0.15, 0.2) is 0 Å². The summed E-state index contributed by atoms with van der Waals surface area (Å²) in [6.45, 7) is 18.8. The molecule has 2 saturated heterocycles. The van der Waals surface area contributed by atoms with E-state index in [2.05, 4.69) is 52.6 Å². The SMILES string of the molecule is C=C(C(C)C)N1CCN(Cc2csc3c(-c4c(C)oc5ccccc45)nc(N4CCOCC4)nc23)CC1. The molecule has 194 valence electrons. The number of piperazine rings is 1. The Balaban J connectivity index is 1.38. The van der Waals surface area contributed by atoms with Gasteiger partial charge in [0.25, 0.3) is 0 Å². The number of allylic oxidation sites excluding steroid dienone is 1. The van der Waals surface area contributed by atoms with Crippen molar-refractivity contribution < 1.29 is 9.15 Å². The van der Waals surface area contributed by atoms with Crippen molar-refractivity contribution in [1.82, 2.24) is 19.8 Å². The summed E-state index contributed by atoms with van der Waals surface area (Å²) in [5.74, 6) is 2.17. The number of aryl methyl sites for hydroxylation is 1. The van der Waals surface area contributed by atoms with Gasteiger partial charge in [-0.05, 0) is 24.3 Å². The van der Waals surface area contributed by atoms with Crippen LogP contribution in [0.4, 0.5) is 5.95 Å². The lowest BCUT2D eigenvalue weighted by Crippen LogP contribution is -2.45. The number of rotatable bonds is 6. The van der Waals surface area contributed by atoms with Crippen LogP contribution in [0.2, 0.25) is 0 Å². The van der Waals surface area contributed by atoms with Crippen LogP contribution in [0.3, 0.4) is 0 Å². The average molecular weight is 518 g/mol. The lowest BCUT2D eigenvalue weighted by molar-refractivity contribution is 0.122. The van der Waals surface area contributed by atoms with Crippen LogP contribution in [0.1, 0.15) is 25.2 Å². The number of hydrogen-bond acceptors (Lipinski definition) is 8. The van der Waals surface area contributed by atoms with Crippen LogP contribution in [0, 0.1) is 12.8 Å². The number of aromatic nitrogens is 2. The van der Waals surface area contributed by atoms with Gasteiger partial charge in [-0.25, -0.2) is 9.97 Å². The Labute approximate surface area is 222 Å². The summed E-state index contributed by atoms with van der Waals surface area (Å²) in [6, 6.07) is 8.24. The van der Waals surface area contributed by atoms with Gasteiger partial charge in [0.1, 0.15) is 11.3 Å². The third kappa shape index (κ3) is 4.62. The number of thiophene rings is 1. The highest BCUT2D eigenvalue weighted by molar-refractivity contribution is 7.17. The van der Waals surface area contributed by atoms with Crippen LogP contribution in [0.25, 0.3) is 32.4 Å². The topological polar surface area (TPSA) is 57.9 Å². The highest BCUT2D eigenvalue weighted by atomic mass is 32.1. The second kappa shape index (κ2) is 10.1. The Kier molecular flexibility index (Phi) is 6.65. The van der Waals surface area contributed by atoms with Gasteiger partial charge in [0.05, 0.1) is 34.7 Å². The van der Waals surface area contributed by atoms with Crippen LogP contribution in [-0.2, 0) is 11.3 Å². The van der Waals surface area contributed by atoms with Crippen LogP contribution in [-0.4, -0.2) is 72.3 Å². The molecule has 5 heterocycles. The molecule has 0 radical (unpaired) electrons. The Morgan fingerprint density at radius 3 is 2.57 bits per heavy atom. The van der Waals surface area contributed by atoms with E-state index in [9.17, 15) is 0 Å². The molecule has 1 aromatic carbocycles. The average Bonchev–Trinajstić information content (AvgIpc) is 3.48. The molecule has 7 nitrogen and oxygen atoms in total. The Morgan fingerprint density at radius 1 is 1.05 bits per heavy atom. The first-order valence-electron chi connectivity index (χ1n) is 13.2. The molecule has 0 N–H and O–H groups in total. The molecular formula is C29H35N5O2S. The van der Waals surface area contributed by atoms with Crippen molar-refractivity contribution in [3.05, 3.63) is 53.2 Å². The van der Waals surface area contributed by atoms with Crippen LogP contribution in [0.15, 0.2) is 46.3 Å². The number of anilines is 1. The first kappa shape index (κ1) is 24.4. The van der Waals surface area contributed by atoms with Crippen molar-refractivity contribution in [2.75, 3.05) is 57.4 Å². The predicted octanol–water partition coefficient (Wildman–Crippen LogP) is 5.54. The van der Waals surface area contributed by atoms with Crippen molar-refractivity contribution in [3.63, 3.8) is 0 Å². The van der Waals surface area contributed by atoms with Gasteiger partial charge < -0.3 is 19.0 Å². The fourth-order valence-corrected chi connectivity index (χ4v) is 6.40. The van der Waals surface area contributed by atoms with Gasteiger partial charge in [0, 0.05) is 62.5 Å². The summed E-state index contributed by atoms with van der Waals surface area (Å²) in [7, 11) is 0. The van der Waals surface area contributed by atoms with E-state index in [1.54, 1.807) is 11.3 Å². The summed E-state index contributed by atoms with van der Waals surface area (Å²) in [5, 5.41) is 3.38. The van der Waals surface area contributed by atoms with Crippen molar-refractivity contribution in [2.45, 2.75) is 27.3 Å². The second-order valence-electron chi connectivity index (χ2n) is 10.3. The normalized spacial score (nSPS) is 17.4. The van der Waals surface area contributed by atoms with Crippen molar-refractivity contribution in [1.29, 1.82) is 0 Å². The van der Waals surface area contributed by atoms with Crippen LogP contribution < -0.4 is 4.90 Å². The molecule has 3 aromatic heterocycles. The number of furan rings is 1. The van der Waals surface area contributed by atoms with E-state index < -0.39 is 0 Å². The van der Waals surface area contributed by atoms with Crippen LogP contribution >= 0.6 is 11.3 Å². The molecule has 4 aromatic rings. The minimum Gasteiger partial charge on any atom is -0.461 e. The molecule has 6 rings (SSSR count). The number of morpholine rings is 1. The molecule has 0 bridgehead atoms. The minimum atomic E-state index is 0.489. The summed E-state index contributed by atoms with van der Waals surface area (Å²) in [6.07, 6.45) is 0. The lowest BCUT2D eigenvalue weighted by atomic mass is 10.1. The maximum absolute atomic E-state index is 6.15. The van der Waals surface area contributed by atoms with E-state index in [4.69, 9.17) is 19.1 Å². The Morgan fingerprint density at radius 2 is 1.81 bits per heavy atom. The van der Waals surface area contributed by atoms with Crippen molar-refractivity contribution >= 4 is 38.5 Å². The minimum absolute atomic E-state index is 0.489. The highest BCUT2D eigenvalue weighted by Crippen LogP contribution is 2.41. The van der Waals surface area contributed by atoms with Crippen molar-refractivity contribution in [2.24, 2.45) is 5.92 Å². The van der Waals surface area contributed by atoms with E-state index >= 15 is 0 Å². The molecule has 0 aliphatic carbocycles. The zero-order valence-corrected chi connectivity index (χ0v) is 22.8. The monoisotopic (exact) mass is 517 g/mol. The fraction of sp³-hybridized carbons (Fsp3) is 0.448. The maximum atomic E-state index is 6.15. The Bertz CT molecular complexity index is 1430. The quantitative estimate of drug-likeness (QED) is 0.333. The smallest absolute Gasteiger partial charge is 0.226 e. The molecule has 8 heteroatoms. The third-order valence-electron chi connectivity index (χ3n) is 7.62. The summed E-state index contributed by atoms with van der Waals surface area (Å²) >= 11 is 1.75. The first-order valence-corrected chi connectivity index (χ1v) is 14.1. The van der Waals surface area contributed by atoms with E-state index in [0.717, 1.165) is 90.0 Å². The molecule has 0 atom stereocenters. The molecule has 0 spiro atoms. The molecule has 2 aliphatic heterocycles. The van der Waals surface area contributed by atoms with Gasteiger partial charge in [-0.2, -0.15) is 0 Å². The molecule has 37 heavy (non-hydrogen) atoms. The summed E-state index contributed by atoms with van der Waals surface area (Å²) in [5.41, 5.74) is 6.54. The number of para-hydroxylation sites is 1. The van der Waals surface area contributed by atoms with Gasteiger partial charge in [-0.1, -0.05) is 38.6 Å². The van der Waals surface area contributed by atoms with E-state index in [-0.39, 0.29) is 0 Å². The number of fused-ring (bicyclic) bond motifs is 2. The third-order valence-corrected chi connectivity index (χ3v) is 8.64. The lowest BCUT2D eigenvalue weighted by Gasteiger charge is -2.38. The molecular weight excluding hydrogens is 482 g/mol. The van der Waals surface area contributed by atoms with Gasteiger partial charge in [-0.3, -0.25) is 4.90 Å². The van der Waals surface area contributed by atoms with E-state index in [1.807, 2.05) is 19.1 Å². The largest absolute Gasteiger partial charge is 0.461 e. The number of nitrogens with zero attached hydrogens (tertiary/aromatic N) is 5. The van der Waals surface area contributed by atoms with E-state index in [0.29, 0.717) is 19.1 Å². The summed E-state index contributed by atoms with van der Waals surface area (Å²) in [4.78, 5) is 17.6. The molecule has 2 fully saturated rings. The highest BCUT2D eigenvalue weighted by Gasteiger charge is 2.25. The second-order valence-corrected chi connectivity index (χ2v) is 11.2.